The molecule has 12 heteroatoms. The number of esters is 1. The van der Waals surface area contributed by atoms with Crippen LogP contribution in [0.2, 0.25) is 0 Å². The van der Waals surface area contributed by atoms with E-state index in [-0.39, 0.29) is 29.0 Å². The first kappa shape index (κ1) is 25.6. The van der Waals surface area contributed by atoms with Crippen molar-refractivity contribution in [2.45, 2.75) is 12.1 Å². The van der Waals surface area contributed by atoms with E-state index in [1.165, 1.54) is 36.4 Å². The number of hydrogen-bond donors (Lipinski definition) is 1. The first-order valence-corrected chi connectivity index (χ1v) is 11.2. The number of halogens is 3. The van der Waals surface area contributed by atoms with Gasteiger partial charge in [0, 0.05) is 11.1 Å². The van der Waals surface area contributed by atoms with Gasteiger partial charge in [0.05, 0.1) is 18.4 Å². The standard InChI is InChI=1S/C23H18F3NO7S/c1-32-21(28)16-11-12-17(18-9-5-6-10-20(18)34-35(30,31)23(24,25)26)19(13-16)27-22(29)33-14-15-7-3-2-4-8-15/h2-13H,14H2,1H3,(H,27,29). The van der Waals surface area contributed by atoms with Crippen molar-refractivity contribution in [1.82, 2.24) is 0 Å². The highest BCUT2D eigenvalue weighted by molar-refractivity contribution is 7.88. The van der Waals surface area contributed by atoms with Gasteiger partial charge in [-0.1, -0.05) is 54.6 Å². The van der Waals surface area contributed by atoms with Crippen molar-refractivity contribution >= 4 is 27.9 Å². The van der Waals surface area contributed by atoms with E-state index in [2.05, 4.69) is 14.2 Å². The summed E-state index contributed by atoms with van der Waals surface area (Å²) >= 11 is 0. The maximum atomic E-state index is 12.9. The van der Waals surface area contributed by atoms with Crippen LogP contribution in [0.4, 0.5) is 23.7 Å². The number of anilines is 1. The summed E-state index contributed by atoms with van der Waals surface area (Å²) in [5.74, 6) is -1.39. The maximum Gasteiger partial charge on any atom is 0.534 e. The minimum absolute atomic E-state index is 0.0101. The predicted octanol–water partition coefficient (Wildman–Crippen LogP) is 5.12. The Labute approximate surface area is 198 Å². The lowest BCUT2D eigenvalue weighted by molar-refractivity contribution is -0.0499. The summed E-state index contributed by atoms with van der Waals surface area (Å²) < 4.78 is 75.9. The molecule has 0 atom stereocenters. The average molecular weight is 509 g/mol. The smallest absolute Gasteiger partial charge is 0.465 e. The minimum atomic E-state index is -5.97. The molecule has 1 amide bonds. The van der Waals surface area contributed by atoms with Crippen LogP contribution < -0.4 is 9.50 Å². The summed E-state index contributed by atoms with van der Waals surface area (Å²) in [5, 5.41) is 2.42. The van der Waals surface area contributed by atoms with Crippen LogP contribution in [0.3, 0.4) is 0 Å². The van der Waals surface area contributed by atoms with Crippen molar-refractivity contribution in [3.8, 4) is 16.9 Å². The molecule has 0 aliphatic carbocycles. The Kier molecular flexibility index (Phi) is 7.65. The molecular formula is C23H18F3NO7S. The fraction of sp³-hybridized carbons (Fsp3) is 0.130. The molecule has 0 spiro atoms. The Bertz CT molecular complexity index is 1330. The molecule has 0 saturated heterocycles. The van der Waals surface area contributed by atoms with Gasteiger partial charge < -0.3 is 13.7 Å². The fourth-order valence-corrected chi connectivity index (χ4v) is 3.40. The van der Waals surface area contributed by atoms with Gasteiger partial charge in [0.2, 0.25) is 0 Å². The van der Waals surface area contributed by atoms with E-state index in [4.69, 9.17) is 4.74 Å². The molecule has 0 aromatic heterocycles. The van der Waals surface area contributed by atoms with E-state index < -0.39 is 33.4 Å². The van der Waals surface area contributed by atoms with Gasteiger partial charge in [0.1, 0.15) is 6.61 Å². The lowest BCUT2D eigenvalue weighted by Gasteiger charge is -2.16. The number of carbonyl (C=O) groups excluding carboxylic acids is 2. The van der Waals surface area contributed by atoms with Crippen molar-refractivity contribution in [2.24, 2.45) is 0 Å². The number of carbonyl (C=O) groups is 2. The highest BCUT2D eigenvalue weighted by atomic mass is 32.2. The number of amides is 1. The van der Waals surface area contributed by atoms with Crippen molar-refractivity contribution in [3.05, 3.63) is 83.9 Å². The number of alkyl halides is 3. The third kappa shape index (κ3) is 6.29. The molecule has 0 radical (unpaired) electrons. The zero-order valence-electron chi connectivity index (χ0n) is 18.0. The van der Waals surface area contributed by atoms with Crippen LogP contribution in [-0.2, 0) is 26.2 Å². The molecule has 3 aromatic carbocycles. The molecular weight excluding hydrogens is 491 g/mol. The summed E-state index contributed by atoms with van der Waals surface area (Å²) in [6, 6.07) is 17.5. The number of para-hydroxylation sites is 1. The van der Waals surface area contributed by atoms with E-state index in [1.807, 2.05) is 0 Å². The van der Waals surface area contributed by atoms with E-state index in [9.17, 15) is 31.2 Å². The molecule has 0 aliphatic heterocycles. The Morgan fingerprint density at radius 3 is 2.23 bits per heavy atom. The van der Waals surface area contributed by atoms with Crippen LogP contribution in [0, 0.1) is 0 Å². The third-order valence-electron chi connectivity index (χ3n) is 4.55. The van der Waals surface area contributed by atoms with Gasteiger partial charge in [0.15, 0.2) is 5.75 Å². The van der Waals surface area contributed by atoms with E-state index in [0.29, 0.717) is 5.56 Å². The SMILES string of the molecule is COC(=O)c1ccc(-c2ccccc2OS(=O)(=O)C(F)(F)F)c(NC(=O)OCc2ccccc2)c1. The zero-order valence-corrected chi connectivity index (χ0v) is 18.9. The monoisotopic (exact) mass is 509 g/mol. The Hall–Kier alpha value is -4.06. The van der Waals surface area contributed by atoms with E-state index in [1.54, 1.807) is 30.3 Å². The molecule has 3 rings (SSSR count). The molecule has 35 heavy (non-hydrogen) atoms. The van der Waals surface area contributed by atoms with Gasteiger partial charge in [-0.25, -0.2) is 9.59 Å². The highest BCUT2D eigenvalue weighted by Gasteiger charge is 2.48. The van der Waals surface area contributed by atoms with Gasteiger partial charge in [0.25, 0.3) is 0 Å². The molecule has 0 aliphatic rings. The van der Waals surface area contributed by atoms with Gasteiger partial charge in [-0.05, 0) is 23.8 Å². The molecule has 0 fully saturated rings. The van der Waals surface area contributed by atoms with Crippen LogP contribution in [0.25, 0.3) is 11.1 Å². The second-order valence-electron chi connectivity index (χ2n) is 6.92. The molecule has 0 heterocycles. The second-order valence-corrected chi connectivity index (χ2v) is 8.46. The number of rotatable bonds is 7. The van der Waals surface area contributed by atoms with Crippen LogP contribution in [0.1, 0.15) is 15.9 Å². The van der Waals surface area contributed by atoms with E-state index >= 15 is 0 Å². The topological polar surface area (TPSA) is 108 Å². The van der Waals surface area contributed by atoms with Crippen LogP contribution in [0.15, 0.2) is 72.8 Å². The molecule has 184 valence electrons. The van der Waals surface area contributed by atoms with Crippen molar-refractivity contribution < 1.29 is 44.8 Å². The molecule has 3 aromatic rings. The van der Waals surface area contributed by atoms with Gasteiger partial charge in [-0.15, -0.1) is 0 Å². The molecule has 0 unspecified atom stereocenters. The van der Waals surface area contributed by atoms with Crippen molar-refractivity contribution in [1.29, 1.82) is 0 Å². The van der Waals surface area contributed by atoms with Crippen LogP contribution in [-0.4, -0.2) is 33.1 Å². The van der Waals surface area contributed by atoms with Crippen molar-refractivity contribution in [2.75, 3.05) is 12.4 Å². The first-order valence-electron chi connectivity index (χ1n) is 9.82. The highest BCUT2D eigenvalue weighted by Crippen LogP contribution is 2.38. The number of benzene rings is 3. The largest absolute Gasteiger partial charge is 0.534 e. The normalized spacial score (nSPS) is 11.4. The van der Waals surface area contributed by atoms with E-state index in [0.717, 1.165) is 13.2 Å². The Balaban J connectivity index is 1.98. The van der Waals surface area contributed by atoms with Gasteiger partial charge >= 0.3 is 27.7 Å². The molecule has 8 nitrogen and oxygen atoms in total. The van der Waals surface area contributed by atoms with Gasteiger partial charge in [-0.3, -0.25) is 5.32 Å². The lowest BCUT2D eigenvalue weighted by Crippen LogP contribution is -2.28. The van der Waals surface area contributed by atoms with Crippen molar-refractivity contribution in [3.63, 3.8) is 0 Å². The van der Waals surface area contributed by atoms with Crippen LogP contribution >= 0.6 is 0 Å². The Morgan fingerprint density at radius 2 is 1.57 bits per heavy atom. The zero-order chi connectivity index (χ0) is 25.6. The Morgan fingerprint density at radius 1 is 0.914 bits per heavy atom. The average Bonchev–Trinajstić information content (AvgIpc) is 2.82. The van der Waals surface area contributed by atoms with Crippen LogP contribution in [0.5, 0.6) is 5.75 Å². The molecule has 0 bridgehead atoms. The first-order chi connectivity index (χ1) is 16.5. The lowest BCUT2D eigenvalue weighted by atomic mass is 10.0. The predicted molar refractivity (Wildman–Crippen MR) is 119 cm³/mol. The van der Waals surface area contributed by atoms with Gasteiger partial charge in [-0.2, -0.15) is 21.6 Å². The summed E-state index contributed by atoms with van der Waals surface area (Å²) in [7, 11) is -4.83. The summed E-state index contributed by atoms with van der Waals surface area (Å²) in [5.41, 5.74) is -5.06. The number of methoxy groups -OCH3 is 1. The summed E-state index contributed by atoms with van der Waals surface area (Å²) in [6.45, 7) is -0.0811. The number of hydrogen-bond acceptors (Lipinski definition) is 7. The quantitative estimate of drug-likeness (QED) is 0.268. The summed E-state index contributed by atoms with van der Waals surface area (Å²) in [4.78, 5) is 24.4. The number of nitrogens with one attached hydrogen (secondary N) is 1. The minimum Gasteiger partial charge on any atom is -0.465 e. The molecule has 0 saturated carbocycles. The number of ether oxygens (including phenoxy) is 2. The maximum absolute atomic E-state index is 12.9. The second kappa shape index (κ2) is 10.5. The molecule has 1 N–H and O–H groups in total. The third-order valence-corrected chi connectivity index (χ3v) is 5.52. The summed E-state index contributed by atoms with van der Waals surface area (Å²) in [6.07, 6.45) is -0.932. The fourth-order valence-electron chi connectivity index (χ4n) is 2.92.